The van der Waals surface area contributed by atoms with Crippen LogP contribution in [0.4, 0.5) is 0 Å². The minimum absolute atomic E-state index is 0.0578. The van der Waals surface area contributed by atoms with Gasteiger partial charge in [-0.2, -0.15) is 0 Å². The van der Waals surface area contributed by atoms with Crippen LogP contribution in [-0.4, -0.2) is 36.4 Å². The molecule has 0 saturated heterocycles. The molecule has 0 aromatic carbocycles. The molecule has 0 amide bonds. The molecule has 0 fully saturated rings. The summed E-state index contributed by atoms with van der Waals surface area (Å²) in [5.41, 5.74) is 0. The Morgan fingerprint density at radius 1 is 0.348 bits per heavy atom. The molecular weight excluding hydrogens is 813 g/mol. The van der Waals surface area contributed by atoms with Gasteiger partial charge in [0.1, 0.15) is 6.61 Å². The van der Waals surface area contributed by atoms with E-state index in [4.69, 9.17) is 9.47 Å². The Morgan fingerprint density at radius 2 is 0.606 bits per heavy atom. The first-order chi connectivity index (χ1) is 32.6. The molecule has 1 N–H and O–H groups in total. The summed E-state index contributed by atoms with van der Waals surface area (Å²) in [5.74, 6) is -0.568. The lowest BCUT2D eigenvalue weighted by Gasteiger charge is -2.15. The molecule has 5 nitrogen and oxygen atoms in total. The van der Waals surface area contributed by atoms with Crippen LogP contribution in [0.2, 0.25) is 0 Å². The summed E-state index contributed by atoms with van der Waals surface area (Å²) in [5, 5.41) is 9.65. The molecule has 0 rings (SSSR count). The van der Waals surface area contributed by atoms with E-state index in [1.807, 2.05) is 0 Å². The lowest BCUT2D eigenvalue weighted by atomic mass is 10.0. The van der Waals surface area contributed by atoms with Gasteiger partial charge in [0.15, 0.2) is 6.10 Å². The number of carbonyl (C=O) groups excluding carboxylic acids is 2. The molecule has 0 bridgehead atoms. The number of hydrogen-bond acceptors (Lipinski definition) is 5. The van der Waals surface area contributed by atoms with E-state index in [1.165, 1.54) is 270 Å². The van der Waals surface area contributed by atoms with Crippen LogP contribution in [0, 0.1) is 0 Å². The topological polar surface area (TPSA) is 72.8 Å². The summed E-state index contributed by atoms with van der Waals surface area (Å²) in [4.78, 5) is 24.5. The van der Waals surface area contributed by atoms with Gasteiger partial charge in [-0.05, 0) is 44.9 Å². The van der Waals surface area contributed by atoms with E-state index in [9.17, 15) is 14.7 Å². The Labute approximate surface area is 413 Å². The third kappa shape index (κ3) is 55.0. The minimum Gasteiger partial charge on any atom is -0.462 e. The summed E-state index contributed by atoms with van der Waals surface area (Å²) in [6.45, 7) is 4.18. The highest BCUT2D eigenvalue weighted by Gasteiger charge is 2.16. The fourth-order valence-corrected chi connectivity index (χ4v) is 9.24. The normalized spacial score (nSPS) is 12.2. The predicted molar refractivity (Wildman–Crippen MR) is 288 cm³/mol. The molecule has 0 radical (unpaired) electrons. The van der Waals surface area contributed by atoms with E-state index in [0.29, 0.717) is 12.8 Å². The molecule has 1 atom stereocenters. The van der Waals surface area contributed by atoms with Gasteiger partial charge in [-0.15, -0.1) is 0 Å². The van der Waals surface area contributed by atoms with Crippen molar-refractivity contribution in [2.45, 2.75) is 341 Å². The van der Waals surface area contributed by atoms with Gasteiger partial charge in [-0.1, -0.05) is 301 Å². The highest BCUT2D eigenvalue weighted by atomic mass is 16.6. The zero-order chi connectivity index (χ0) is 47.7. The van der Waals surface area contributed by atoms with Crippen LogP contribution in [0.3, 0.4) is 0 Å². The third-order valence-electron chi connectivity index (χ3n) is 13.7. The third-order valence-corrected chi connectivity index (χ3v) is 13.7. The highest BCUT2D eigenvalue weighted by molar-refractivity contribution is 5.70. The summed E-state index contributed by atoms with van der Waals surface area (Å²) in [6, 6.07) is 0. The quantitative estimate of drug-likeness (QED) is 0.0374. The molecule has 0 aromatic rings. The van der Waals surface area contributed by atoms with Crippen molar-refractivity contribution in [3.05, 3.63) is 24.3 Å². The average Bonchev–Trinajstić information content (AvgIpc) is 3.32. The molecule has 0 saturated carbocycles. The molecule has 0 aromatic heterocycles. The molecule has 66 heavy (non-hydrogen) atoms. The number of ether oxygens (including phenoxy) is 2. The van der Waals surface area contributed by atoms with Crippen LogP contribution in [0.15, 0.2) is 24.3 Å². The molecule has 0 aliphatic heterocycles. The van der Waals surface area contributed by atoms with Gasteiger partial charge in [0, 0.05) is 12.8 Å². The van der Waals surface area contributed by atoms with Gasteiger partial charge in [0.25, 0.3) is 0 Å². The second kappa shape index (κ2) is 57.7. The Morgan fingerprint density at radius 3 is 0.894 bits per heavy atom. The Hall–Kier alpha value is -1.62. The molecule has 1 unspecified atom stereocenters. The van der Waals surface area contributed by atoms with Crippen LogP contribution in [0.1, 0.15) is 335 Å². The van der Waals surface area contributed by atoms with E-state index in [2.05, 4.69) is 38.2 Å². The summed E-state index contributed by atoms with van der Waals surface area (Å²) >= 11 is 0. The van der Waals surface area contributed by atoms with Gasteiger partial charge in [0.2, 0.25) is 0 Å². The first-order valence-corrected chi connectivity index (χ1v) is 29.9. The van der Waals surface area contributed by atoms with Crippen molar-refractivity contribution >= 4 is 11.9 Å². The van der Waals surface area contributed by atoms with Gasteiger partial charge >= 0.3 is 11.9 Å². The van der Waals surface area contributed by atoms with Crippen molar-refractivity contribution in [2.75, 3.05) is 13.2 Å². The van der Waals surface area contributed by atoms with E-state index in [-0.39, 0.29) is 25.2 Å². The van der Waals surface area contributed by atoms with E-state index >= 15 is 0 Å². The lowest BCUT2D eigenvalue weighted by Crippen LogP contribution is -2.28. The van der Waals surface area contributed by atoms with Crippen molar-refractivity contribution < 1.29 is 24.2 Å². The zero-order valence-electron chi connectivity index (χ0n) is 44.7. The van der Waals surface area contributed by atoms with E-state index in [0.717, 1.165) is 38.5 Å². The fourth-order valence-electron chi connectivity index (χ4n) is 9.24. The van der Waals surface area contributed by atoms with E-state index < -0.39 is 6.10 Å². The number of aliphatic hydroxyl groups is 1. The Bertz CT molecular complexity index is 1010. The minimum atomic E-state index is -0.766. The number of carbonyl (C=O) groups is 2. The van der Waals surface area contributed by atoms with Crippen LogP contribution >= 0.6 is 0 Å². The number of hydrogen-bond donors (Lipinski definition) is 1. The monoisotopic (exact) mass is 929 g/mol. The standard InChI is InChI=1S/C61H116O5/c1-3-5-7-9-11-13-15-17-19-21-22-23-24-25-26-27-28-29-30-31-32-33-34-35-36-37-38-40-42-44-46-48-50-52-54-56-61(64)66-59(57-62)58-65-60(63)55-53-51-49-47-45-43-41-39-20-18-16-14-12-10-8-6-4-2/h15,17,21-22,59,62H,3-14,16,18-20,23-58H2,1-2H3/b17-15-,22-21-. The number of rotatable bonds is 56. The molecule has 390 valence electrons. The van der Waals surface area contributed by atoms with Crippen molar-refractivity contribution in [3.63, 3.8) is 0 Å². The van der Waals surface area contributed by atoms with Crippen LogP contribution in [0.5, 0.6) is 0 Å². The summed E-state index contributed by atoms with van der Waals surface area (Å²) in [7, 11) is 0. The first kappa shape index (κ1) is 64.4. The smallest absolute Gasteiger partial charge is 0.306 e. The maximum atomic E-state index is 12.3. The molecule has 5 heteroatoms. The van der Waals surface area contributed by atoms with Crippen molar-refractivity contribution in [3.8, 4) is 0 Å². The molecule has 0 heterocycles. The first-order valence-electron chi connectivity index (χ1n) is 29.9. The van der Waals surface area contributed by atoms with Gasteiger partial charge in [0.05, 0.1) is 6.61 Å². The van der Waals surface area contributed by atoms with Crippen LogP contribution in [-0.2, 0) is 19.1 Å². The van der Waals surface area contributed by atoms with Crippen molar-refractivity contribution in [1.29, 1.82) is 0 Å². The zero-order valence-corrected chi connectivity index (χ0v) is 44.7. The van der Waals surface area contributed by atoms with Crippen LogP contribution < -0.4 is 0 Å². The van der Waals surface area contributed by atoms with Gasteiger partial charge in [-0.25, -0.2) is 0 Å². The molecule has 0 aliphatic rings. The summed E-state index contributed by atoms with van der Waals surface area (Å²) < 4.78 is 10.7. The predicted octanol–water partition coefficient (Wildman–Crippen LogP) is 20.1. The van der Waals surface area contributed by atoms with Crippen molar-refractivity contribution in [2.24, 2.45) is 0 Å². The number of unbranched alkanes of at least 4 members (excludes halogenated alkanes) is 44. The average molecular weight is 930 g/mol. The maximum Gasteiger partial charge on any atom is 0.306 e. The molecular formula is C61H116O5. The second-order valence-corrected chi connectivity index (χ2v) is 20.4. The second-order valence-electron chi connectivity index (χ2n) is 20.4. The highest BCUT2D eigenvalue weighted by Crippen LogP contribution is 2.18. The molecule has 0 aliphatic carbocycles. The molecule has 0 spiro atoms. The number of esters is 2. The summed E-state index contributed by atoms with van der Waals surface area (Å²) in [6.07, 6.45) is 73.2. The number of aliphatic hydroxyl groups excluding tert-OH is 1. The Balaban J connectivity index is 3.38. The van der Waals surface area contributed by atoms with Crippen molar-refractivity contribution in [1.82, 2.24) is 0 Å². The van der Waals surface area contributed by atoms with Crippen LogP contribution in [0.25, 0.3) is 0 Å². The largest absolute Gasteiger partial charge is 0.462 e. The maximum absolute atomic E-state index is 12.3. The van der Waals surface area contributed by atoms with Gasteiger partial charge in [-0.3, -0.25) is 9.59 Å². The lowest BCUT2D eigenvalue weighted by molar-refractivity contribution is -0.161. The SMILES string of the molecule is CCCCCCC/C=C\C/C=C\CCCCCCCCCCCCCCCCCCCCCCCCCC(=O)OC(CO)COC(=O)CCCCCCCCCCCCCCCCCCC. The van der Waals surface area contributed by atoms with Gasteiger partial charge < -0.3 is 14.6 Å². The van der Waals surface area contributed by atoms with E-state index in [1.54, 1.807) is 0 Å². The Kier molecular flexibility index (Phi) is 56.3. The number of allylic oxidation sites excluding steroid dienone is 4. The fraction of sp³-hybridized carbons (Fsp3) is 0.902.